The number of nitrogens with zero attached hydrogens (tertiary/aromatic N) is 4. The largest absolute Gasteiger partial charge is 0.353 e. The van der Waals surface area contributed by atoms with E-state index in [1.54, 1.807) is 0 Å². The lowest BCUT2D eigenvalue weighted by Gasteiger charge is -2.37. The smallest absolute Gasteiger partial charge is 0.222 e. The van der Waals surface area contributed by atoms with E-state index in [2.05, 4.69) is 49.9 Å². The molecule has 0 unspecified atom stereocenters. The normalized spacial score (nSPS) is 14.1. The molecule has 0 atom stereocenters. The van der Waals surface area contributed by atoms with Crippen LogP contribution in [0.4, 0.5) is 5.82 Å². The molecule has 3 aromatic rings. The molecule has 0 bridgehead atoms. The molecule has 6 heteroatoms. The maximum atomic E-state index is 12.6. The maximum absolute atomic E-state index is 12.6. The standard InChI is InChI=1S/C27H31ClN4O/c1-19(2)17-25(33)31-13-15-32(16-14-31)27-24(18-21-7-5-4-6-8-21)20(3)29-26(30-27)22-9-11-23(28)12-10-22/h4-12,19H,13-18H2,1-3H3. The van der Waals surface area contributed by atoms with Gasteiger partial charge in [0.05, 0.1) is 0 Å². The lowest BCUT2D eigenvalue weighted by atomic mass is 10.0. The van der Waals surface area contributed by atoms with Gasteiger partial charge in [0.15, 0.2) is 5.82 Å². The molecule has 1 fully saturated rings. The number of aryl methyl sites for hydroxylation is 1. The average molecular weight is 463 g/mol. The van der Waals surface area contributed by atoms with Crippen LogP contribution in [0, 0.1) is 12.8 Å². The van der Waals surface area contributed by atoms with Gasteiger partial charge in [-0.15, -0.1) is 0 Å². The van der Waals surface area contributed by atoms with Gasteiger partial charge >= 0.3 is 0 Å². The molecule has 5 nitrogen and oxygen atoms in total. The number of hydrogen-bond acceptors (Lipinski definition) is 4. The van der Waals surface area contributed by atoms with Crippen LogP contribution < -0.4 is 4.90 Å². The molecular formula is C27H31ClN4O. The highest BCUT2D eigenvalue weighted by Crippen LogP contribution is 2.29. The fraction of sp³-hybridized carbons (Fsp3) is 0.370. The van der Waals surface area contributed by atoms with Gasteiger partial charge in [-0.25, -0.2) is 9.97 Å². The second-order valence-corrected chi connectivity index (χ2v) is 9.51. The second kappa shape index (κ2) is 10.3. The van der Waals surface area contributed by atoms with E-state index in [0.717, 1.165) is 55.2 Å². The predicted molar refractivity (Wildman–Crippen MR) is 135 cm³/mol. The molecule has 0 spiro atoms. The second-order valence-electron chi connectivity index (χ2n) is 9.07. The highest BCUT2D eigenvalue weighted by molar-refractivity contribution is 6.30. The molecule has 33 heavy (non-hydrogen) atoms. The minimum Gasteiger partial charge on any atom is -0.353 e. The average Bonchev–Trinajstić information content (AvgIpc) is 2.81. The Morgan fingerprint density at radius 2 is 1.64 bits per heavy atom. The third-order valence-corrected chi connectivity index (χ3v) is 6.28. The number of aromatic nitrogens is 2. The summed E-state index contributed by atoms with van der Waals surface area (Å²) in [6.07, 6.45) is 1.38. The molecule has 0 N–H and O–H groups in total. The highest BCUT2D eigenvalue weighted by Gasteiger charge is 2.25. The number of rotatable bonds is 6. The van der Waals surface area contributed by atoms with Gasteiger partial charge < -0.3 is 9.80 Å². The van der Waals surface area contributed by atoms with Crippen LogP contribution >= 0.6 is 11.6 Å². The van der Waals surface area contributed by atoms with E-state index in [0.29, 0.717) is 23.2 Å². The summed E-state index contributed by atoms with van der Waals surface area (Å²) in [6, 6.07) is 18.1. The van der Waals surface area contributed by atoms with E-state index in [-0.39, 0.29) is 5.91 Å². The molecule has 1 aliphatic heterocycles. The number of hydrogen-bond donors (Lipinski definition) is 0. The summed E-state index contributed by atoms with van der Waals surface area (Å²) in [5, 5.41) is 0.693. The summed E-state index contributed by atoms with van der Waals surface area (Å²) in [6.45, 7) is 9.21. The van der Waals surface area contributed by atoms with Crippen LogP contribution in [0.1, 0.15) is 37.1 Å². The van der Waals surface area contributed by atoms with Gasteiger partial charge in [-0.05, 0) is 42.7 Å². The topological polar surface area (TPSA) is 49.3 Å². The van der Waals surface area contributed by atoms with Gasteiger partial charge in [0.1, 0.15) is 5.82 Å². The zero-order valence-corrected chi connectivity index (χ0v) is 20.3. The zero-order chi connectivity index (χ0) is 23.4. The van der Waals surface area contributed by atoms with E-state index in [4.69, 9.17) is 21.6 Å². The Bertz CT molecular complexity index is 1090. The molecule has 2 heterocycles. The fourth-order valence-electron chi connectivity index (χ4n) is 4.22. The SMILES string of the molecule is Cc1nc(-c2ccc(Cl)cc2)nc(N2CCN(C(=O)CC(C)C)CC2)c1Cc1ccccc1. The number of carbonyl (C=O) groups excluding carboxylic acids is 1. The summed E-state index contributed by atoms with van der Waals surface area (Å²) >= 11 is 6.09. The molecule has 0 saturated carbocycles. The van der Waals surface area contributed by atoms with E-state index in [1.165, 1.54) is 5.56 Å². The van der Waals surface area contributed by atoms with Crippen molar-refractivity contribution in [3.05, 3.63) is 76.4 Å². The molecule has 0 radical (unpaired) electrons. The van der Waals surface area contributed by atoms with Crippen LogP contribution in [-0.4, -0.2) is 47.0 Å². The third kappa shape index (κ3) is 5.72. The monoisotopic (exact) mass is 462 g/mol. The lowest BCUT2D eigenvalue weighted by molar-refractivity contribution is -0.132. The van der Waals surface area contributed by atoms with Gasteiger partial charge in [-0.2, -0.15) is 0 Å². The number of benzene rings is 2. The van der Waals surface area contributed by atoms with Crippen LogP contribution in [0.2, 0.25) is 5.02 Å². The van der Waals surface area contributed by atoms with Crippen molar-refractivity contribution >= 4 is 23.3 Å². The van der Waals surface area contributed by atoms with Crippen LogP contribution in [0.5, 0.6) is 0 Å². The summed E-state index contributed by atoms with van der Waals surface area (Å²) < 4.78 is 0. The van der Waals surface area contributed by atoms with Crippen molar-refractivity contribution in [1.82, 2.24) is 14.9 Å². The van der Waals surface area contributed by atoms with E-state index < -0.39 is 0 Å². The Kier molecular flexibility index (Phi) is 7.29. The van der Waals surface area contributed by atoms with Gasteiger partial charge in [0, 0.05) is 60.9 Å². The predicted octanol–water partition coefficient (Wildman–Crippen LogP) is 5.39. The summed E-state index contributed by atoms with van der Waals surface area (Å²) in [5.74, 6) is 2.29. The van der Waals surface area contributed by atoms with Crippen molar-refractivity contribution < 1.29 is 4.79 Å². The minimum atomic E-state index is 0.245. The first kappa shape index (κ1) is 23.2. The molecule has 1 aliphatic rings. The Labute approximate surface area is 201 Å². The molecule has 1 amide bonds. The van der Waals surface area contributed by atoms with Gasteiger partial charge in [0.2, 0.25) is 5.91 Å². The molecule has 4 rings (SSSR count). The molecule has 1 aromatic heterocycles. The van der Waals surface area contributed by atoms with E-state index in [1.807, 2.05) is 35.2 Å². The Balaban J connectivity index is 1.65. The van der Waals surface area contributed by atoms with Crippen molar-refractivity contribution in [2.24, 2.45) is 5.92 Å². The van der Waals surface area contributed by atoms with Crippen LogP contribution in [0.15, 0.2) is 54.6 Å². The molecular weight excluding hydrogens is 432 g/mol. The van der Waals surface area contributed by atoms with Crippen molar-refractivity contribution in [2.75, 3.05) is 31.1 Å². The maximum Gasteiger partial charge on any atom is 0.222 e. The van der Waals surface area contributed by atoms with Crippen molar-refractivity contribution in [3.8, 4) is 11.4 Å². The number of halogens is 1. The quantitative estimate of drug-likeness (QED) is 0.492. The number of piperazine rings is 1. The Hall–Kier alpha value is -2.92. The van der Waals surface area contributed by atoms with Crippen LogP contribution in [-0.2, 0) is 11.2 Å². The molecule has 2 aromatic carbocycles. The van der Waals surface area contributed by atoms with Crippen LogP contribution in [0.3, 0.4) is 0 Å². The van der Waals surface area contributed by atoms with Crippen molar-refractivity contribution in [1.29, 1.82) is 0 Å². The number of amides is 1. The first-order valence-electron chi connectivity index (χ1n) is 11.6. The van der Waals surface area contributed by atoms with Gasteiger partial charge in [-0.1, -0.05) is 55.8 Å². The van der Waals surface area contributed by atoms with E-state index in [9.17, 15) is 4.79 Å². The third-order valence-electron chi connectivity index (χ3n) is 6.03. The molecule has 1 saturated heterocycles. The van der Waals surface area contributed by atoms with Crippen LogP contribution in [0.25, 0.3) is 11.4 Å². The number of carbonyl (C=O) groups is 1. The van der Waals surface area contributed by atoms with Gasteiger partial charge in [0.25, 0.3) is 0 Å². The van der Waals surface area contributed by atoms with Gasteiger partial charge in [-0.3, -0.25) is 4.79 Å². The summed E-state index contributed by atoms with van der Waals surface area (Å²) in [4.78, 5) is 26.7. The highest BCUT2D eigenvalue weighted by atomic mass is 35.5. The molecule has 0 aliphatic carbocycles. The Morgan fingerprint density at radius 1 is 0.970 bits per heavy atom. The first-order valence-corrected chi connectivity index (χ1v) is 12.0. The van der Waals surface area contributed by atoms with E-state index >= 15 is 0 Å². The van der Waals surface area contributed by atoms with Crippen molar-refractivity contribution in [3.63, 3.8) is 0 Å². The minimum absolute atomic E-state index is 0.245. The Morgan fingerprint density at radius 3 is 2.27 bits per heavy atom. The molecule has 172 valence electrons. The zero-order valence-electron chi connectivity index (χ0n) is 19.6. The first-order chi connectivity index (χ1) is 15.9. The summed E-state index contributed by atoms with van der Waals surface area (Å²) in [5.41, 5.74) is 4.30. The summed E-state index contributed by atoms with van der Waals surface area (Å²) in [7, 11) is 0. The lowest BCUT2D eigenvalue weighted by Crippen LogP contribution is -2.49. The fourth-order valence-corrected chi connectivity index (χ4v) is 4.35. The number of anilines is 1. The van der Waals surface area contributed by atoms with Crippen molar-refractivity contribution in [2.45, 2.75) is 33.6 Å².